The quantitative estimate of drug-likeness (QED) is 0.902. The maximum atomic E-state index is 11.5. The smallest absolute Gasteiger partial charge is 0.175 e. The fraction of sp³-hybridized carbons (Fsp3) is 0.333. The van der Waals surface area contributed by atoms with Crippen molar-refractivity contribution < 1.29 is 8.42 Å². The normalized spacial score (nSPS) is 21.4. The molecule has 3 rings (SSSR count). The van der Waals surface area contributed by atoms with E-state index in [0.29, 0.717) is 10.8 Å². The minimum atomic E-state index is -3.13. The van der Waals surface area contributed by atoms with Gasteiger partial charge in [-0.2, -0.15) is 0 Å². The molecule has 0 aliphatic carbocycles. The van der Waals surface area contributed by atoms with Gasteiger partial charge in [0.05, 0.1) is 4.90 Å². The van der Waals surface area contributed by atoms with Crippen LogP contribution in [0.5, 0.6) is 0 Å². The first kappa shape index (κ1) is 18.9. The summed E-state index contributed by atoms with van der Waals surface area (Å²) < 4.78 is 23.0. The van der Waals surface area contributed by atoms with Gasteiger partial charge in [-0.15, -0.1) is 12.4 Å². The van der Waals surface area contributed by atoms with Crippen LogP contribution in [-0.2, 0) is 16.4 Å². The fourth-order valence-electron chi connectivity index (χ4n) is 3.20. The molecule has 0 bridgehead atoms. The van der Waals surface area contributed by atoms with Crippen molar-refractivity contribution in [2.45, 2.75) is 23.4 Å². The number of hydrogen-bond donors (Lipinski definition) is 1. The van der Waals surface area contributed by atoms with Gasteiger partial charge in [0, 0.05) is 37.8 Å². The van der Waals surface area contributed by atoms with Crippen molar-refractivity contribution in [3.8, 4) is 0 Å². The van der Waals surface area contributed by atoms with Crippen LogP contribution in [-0.4, -0.2) is 38.7 Å². The Morgan fingerprint density at radius 3 is 2.25 bits per heavy atom. The Morgan fingerprint density at radius 1 is 1.04 bits per heavy atom. The van der Waals surface area contributed by atoms with Gasteiger partial charge in [0.15, 0.2) is 9.84 Å². The van der Waals surface area contributed by atoms with E-state index in [1.165, 1.54) is 11.8 Å². The zero-order valence-corrected chi connectivity index (χ0v) is 15.3. The van der Waals surface area contributed by atoms with Crippen molar-refractivity contribution >= 4 is 22.2 Å². The van der Waals surface area contributed by atoms with Gasteiger partial charge >= 0.3 is 0 Å². The summed E-state index contributed by atoms with van der Waals surface area (Å²) in [5.41, 5.74) is 8.71. The molecular weight excluding hydrogens is 344 g/mol. The Labute approximate surface area is 150 Å². The summed E-state index contributed by atoms with van der Waals surface area (Å²) >= 11 is 0. The second kappa shape index (κ2) is 7.66. The third kappa shape index (κ3) is 4.36. The minimum Gasteiger partial charge on any atom is -0.326 e. The molecule has 2 N–H and O–H groups in total. The largest absolute Gasteiger partial charge is 0.326 e. The van der Waals surface area contributed by atoms with Crippen molar-refractivity contribution in [3.05, 3.63) is 65.7 Å². The van der Waals surface area contributed by atoms with Gasteiger partial charge in [-0.3, -0.25) is 4.90 Å². The van der Waals surface area contributed by atoms with Crippen molar-refractivity contribution in [2.24, 2.45) is 5.73 Å². The lowest BCUT2D eigenvalue weighted by atomic mass is 9.95. The second-order valence-electron chi connectivity index (χ2n) is 6.29. The van der Waals surface area contributed by atoms with Gasteiger partial charge < -0.3 is 5.73 Å². The first-order chi connectivity index (χ1) is 10.9. The molecule has 0 unspecified atom stereocenters. The predicted octanol–water partition coefficient (Wildman–Crippen LogP) is 2.44. The first-order valence-corrected chi connectivity index (χ1v) is 9.64. The molecule has 130 valence electrons. The van der Waals surface area contributed by atoms with E-state index >= 15 is 0 Å². The zero-order valence-electron chi connectivity index (χ0n) is 13.6. The molecule has 0 amide bonds. The van der Waals surface area contributed by atoms with E-state index in [2.05, 4.69) is 29.2 Å². The van der Waals surface area contributed by atoms with E-state index in [0.717, 1.165) is 25.2 Å². The number of hydrogen-bond acceptors (Lipinski definition) is 4. The van der Waals surface area contributed by atoms with Crippen LogP contribution >= 0.6 is 12.4 Å². The molecule has 1 aliphatic rings. The Hall–Kier alpha value is -1.40. The molecule has 1 aliphatic heterocycles. The molecule has 2 aromatic carbocycles. The second-order valence-corrected chi connectivity index (χ2v) is 8.31. The SMILES string of the molecule is CS(=O)(=O)c1ccc(CN2C[C@@H](N)[C@H](c3ccccc3)C2)cc1.Cl. The topological polar surface area (TPSA) is 63.4 Å². The summed E-state index contributed by atoms with van der Waals surface area (Å²) in [5, 5.41) is 0. The number of rotatable bonds is 4. The number of nitrogens with two attached hydrogens (primary N) is 1. The molecule has 6 heteroatoms. The van der Waals surface area contributed by atoms with Gasteiger partial charge in [-0.05, 0) is 23.3 Å². The Bertz CT molecular complexity index is 763. The van der Waals surface area contributed by atoms with E-state index in [4.69, 9.17) is 5.73 Å². The lowest BCUT2D eigenvalue weighted by molar-refractivity contribution is 0.324. The average molecular weight is 367 g/mol. The molecule has 4 nitrogen and oxygen atoms in total. The summed E-state index contributed by atoms with van der Waals surface area (Å²) in [4.78, 5) is 2.69. The molecule has 0 radical (unpaired) electrons. The van der Waals surface area contributed by atoms with E-state index in [1.807, 2.05) is 18.2 Å². The van der Waals surface area contributed by atoms with E-state index in [9.17, 15) is 8.42 Å². The highest BCUT2D eigenvalue weighted by molar-refractivity contribution is 7.90. The minimum absolute atomic E-state index is 0. The number of likely N-dealkylation sites (tertiary alicyclic amines) is 1. The third-order valence-corrected chi connectivity index (χ3v) is 5.55. The highest BCUT2D eigenvalue weighted by atomic mass is 35.5. The van der Waals surface area contributed by atoms with Crippen LogP contribution < -0.4 is 5.73 Å². The highest BCUT2D eigenvalue weighted by Crippen LogP contribution is 2.27. The van der Waals surface area contributed by atoms with Gasteiger partial charge in [0.2, 0.25) is 0 Å². The number of benzene rings is 2. The molecular formula is C18H23ClN2O2S. The zero-order chi connectivity index (χ0) is 16.4. The molecule has 1 fully saturated rings. The predicted molar refractivity (Wildman–Crippen MR) is 99.2 cm³/mol. The average Bonchev–Trinajstić information content (AvgIpc) is 2.88. The van der Waals surface area contributed by atoms with Gasteiger partial charge in [0.25, 0.3) is 0 Å². The fourth-order valence-corrected chi connectivity index (χ4v) is 3.83. The van der Waals surface area contributed by atoms with Gasteiger partial charge in [-0.25, -0.2) is 8.42 Å². The van der Waals surface area contributed by atoms with Crippen LogP contribution in [0, 0.1) is 0 Å². The first-order valence-electron chi connectivity index (χ1n) is 7.75. The number of sulfone groups is 1. The van der Waals surface area contributed by atoms with Crippen LogP contribution in [0.4, 0.5) is 0 Å². The van der Waals surface area contributed by atoms with Crippen LogP contribution in [0.15, 0.2) is 59.5 Å². The Kier molecular flexibility index (Phi) is 6.04. The van der Waals surface area contributed by atoms with Crippen LogP contribution in [0.3, 0.4) is 0 Å². The summed E-state index contributed by atoms with van der Waals surface area (Å²) in [6.45, 7) is 2.58. The number of nitrogens with zero attached hydrogens (tertiary/aromatic N) is 1. The molecule has 2 aromatic rings. The van der Waals surface area contributed by atoms with Crippen molar-refractivity contribution in [1.29, 1.82) is 0 Å². The maximum absolute atomic E-state index is 11.5. The van der Waals surface area contributed by atoms with Gasteiger partial charge in [0.1, 0.15) is 0 Å². The van der Waals surface area contributed by atoms with Gasteiger partial charge in [-0.1, -0.05) is 42.5 Å². The van der Waals surface area contributed by atoms with Crippen molar-refractivity contribution in [2.75, 3.05) is 19.3 Å². The summed E-state index contributed by atoms with van der Waals surface area (Å²) in [7, 11) is -3.13. The molecule has 0 spiro atoms. The maximum Gasteiger partial charge on any atom is 0.175 e. The molecule has 1 saturated heterocycles. The lowest BCUT2D eigenvalue weighted by Gasteiger charge is -2.16. The molecule has 0 aromatic heterocycles. The monoisotopic (exact) mass is 366 g/mol. The third-order valence-electron chi connectivity index (χ3n) is 4.43. The molecule has 0 saturated carbocycles. The summed E-state index contributed by atoms with van der Waals surface area (Å²) in [6, 6.07) is 17.6. The number of halogens is 1. The van der Waals surface area contributed by atoms with E-state index < -0.39 is 9.84 Å². The standard InChI is InChI=1S/C18H22N2O2S.ClH/c1-23(21,22)16-9-7-14(8-10-16)11-20-12-17(18(19)13-20)15-5-3-2-4-6-15;/h2-10,17-18H,11-13,19H2,1H3;1H/t17-,18+;/m0./s1. The van der Waals surface area contributed by atoms with Crippen LogP contribution in [0.1, 0.15) is 17.0 Å². The highest BCUT2D eigenvalue weighted by Gasteiger charge is 2.30. The Balaban J connectivity index is 0.00000208. The summed E-state index contributed by atoms with van der Waals surface area (Å²) in [5.74, 6) is 0.353. The van der Waals surface area contributed by atoms with Crippen LogP contribution in [0.2, 0.25) is 0 Å². The van der Waals surface area contributed by atoms with Crippen LogP contribution in [0.25, 0.3) is 0 Å². The Morgan fingerprint density at radius 2 is 1.67 bits per heavy atom. The lowest BCUT2D eigenvalue weighted by Crippen LogP contribution is -2.28. The van der Waals surface area contributed by atoms with E-state index in [-0.39, 0.29) is 18.4 Å². The molecule has 2 atom stereocenters. The molecule has 1 heterocycles. The van der Waals surface area contributed by atoms with Crippen molar-refractivity contribution in [1.82, 2.24) is 4.90 Å². The van der Waals surface area contributed by atoms with Crippen molar-refractivity contribution in [3.63, 3.8) is 0 Å². The molecule has 24 heavy (non-hydrogen) atoms. The summed E-state index contributed by atoms with van der Waals surface area (Å²) in [6.07, 6.45) is 1.23. The van der Waals surface area contributed by atoms with E-state index in [1.54, 1.807) is 12.1 Å².